The molecule has 2 aromatic rings. The zero-order chi connectivity index (χ0) is 20.0. The molecule has 2 heterocycles. The first-order valence-electron chi connectivity index (χ1n) is 9.91. The Hall–Kier alpha value is -2.88. The predicted molar refractivity (Wildman–Crippen MR) is 112 cm³/mol. The van der Waals surface area contributed by atoms with E-state index in [0.29, 0.717) is 17.0 Å². The monoisotopic (exact) mass is 374 g/mol. The van der Waals surface area contributed by atoms with E-state index in [-0.39, 0.29) is 11.8 Å². The first-order valence-corrected chi connectivity index (χ1v) is 9.91. The Labute approximate surface area is 166 Å². The largest absolute Gasteiger partial charge is 0.366 e. The highest BCUT2D eigenvalue weighted by Gasteiger charge is 2.43. The molecule has 4 rings (SSSR count). The Morgan fingerprint density at radius 2 is 1.39 bits per heavy atom. The van der Waals surface area contributed by atoms with Gasteiger partial charge in [0, 0.05) is 13.1 Å². The van der Waals surface area contributed by atoms with E-state index in [4.69, 9.17) is 0 Å². The molecule has 0 unspecified atom stereocenters. The Kier molecular flexibility index (Phi) is 4.58. The summed E-state index contributed by atoms with van der Waals surface area (Å²) in [7, 11) is 0. The molecule has 2 aromatic carbocycles. The van der Waals surface area contributed by atoms with Crippen LogP contribution in [0, 0.1) is 27.7 Å². The summed E-state index contributed by atoms with van der Waals surface area (Å²) in [6.45, 7) is 9.62. The van der Waals surface area contributed by atoms with Crippen LogP contribution in [0.3, 0.4) is 0 Å². The molecule has 0 saturated carbocycles. The lowest BCUT2D eigenvalue weighted by atomic mass is 9.97. The Bertz CT molecular complexity index is 1010. The predicted octanol–water partition coefficient (Wildman–Crippen LogP) is 4.30. The molecular formula is C24H26N2O2. The maximum Gasteiger partial charge on any atom is 0.282 e. The van der Waals surface area contributed by atoms with Crippen LogP contribution in [0.2, 0.25) is 0 Å². The molecule has 1 saturated heterocycles. The molecule has 0 aromatic heterocycles. The fourth-order valence-corrected chi connectivity index (χ4v) is 4.27. The molecular weight excluding hydrogens is 348 g/mol. The number of aryl methyl sites for hydroxylation is 4. The summed E-state index contributed by atoms with van der Waals surface area (Å²) in [5.74, 6) is -0.414. The van der Waals surface area contributed by atoms with Gasteiger partial charge in [-0.25, -0.2) is 4.90 Å². The summed E-state index contributed by atoms with van der Waals surface area (Å²) in [4.78, 5) is 30.6. The maximum atomic E-state index is 13.6. The minimum atomic E-state index is -0.215. The Morgan fingerprint density at radius 3 is 2.07 bits per heavy atom. The summed E-state index contributed by atoms with van der Waals surface area (Å²) in [5.41, 5.74) is 6.79. The fraction of sp³-hybridized carbons (Fsp3) is 0.333. The van der Waals surface area contributed by atoms with E-state index in [9.17, 15) is 9.59 Å². The molecule has 0 aliphatic carbocycles. The molecule has 0 bridgehead atoms. The van der Waals surface area contributed by atoms with Crippen molar-refractivity contribution in [3.8, 4) is 0 Å². The maximum absolute atomic E-state index is 13.6. The van der Waals surface area contributed by atoms with Crippen molar-refractivity contribution in [1.29, 1.82) is 0 Å². The van der Waals surface area contributed by atoms with Gasteiger partial charge in [0.05, 0.1) is 11.3 Å². The number of nitrogens with zero attached hydrogens (tertiary/aromatic N) is 2. The van der Waals surface area contributed by atoms with Crippen molar-refractivity contribution in [2.24, 2.45) is 0 Å². The Balaban J connectivity index is 1.90. The number of benzene rings is 2. The minimum Gasteiger partial charge on any atom is -0.366 e. The number of hydrogen-bond acceptors (Lipinski definition) is 3. The summed E-state index contributed by atoms with van der Waals surface area (Å²) < 4.78 is 0. The van der Waals surface area contributed by atoms with Crippen LogP contribution in [-0.4, -0.2) is 29.8 Å². The standard InChI is InChI=1S/C24H26N2O2/c1-15-8-10-19(18(4)13-15)21-22(25-11-5-6-12-25)24(28)26(23(21)27)20-14-16(2)7-9-17(20)3/h7-10,13-14H,5-6,11-12H2,1-4H3. The van der Waals surface area contributed by atoms with E-state index in [1.54, 1.807) is 0 Å². The third-order valence-electron chi connectivity index (χ3n) is 5.74. The molecule has 0 N–H and O–H groups in total. The average Bonchev–Trinajstić information content (AvgIpc) is 3.24. The van der Waals surface area contributed by atoms with E-state index >= 15 is 0 Å². The van der Waals surface area contributed by atoms with Gasteiger partial charge in [0.15, 0.2) is 0 Å². The zero-order valence-electron chi connectivity index (χ0n) is 17.0. The molecule has 2 aliphatic rings. The van der Waals surface area contributed by atoms with Crippen molar-refractivity contribution >= 4 is 23.1 Å². The molecule has 2 amide bonds. The zero-order valence-corrected chi connectivity index (χ0v) is 17.0. The highest BCUT2D eigenvalue weighted by Crippen LogP contribution is 2.38. The molecule has 0 spiro atoms. The third kappa shape index (κ3) is 2.93. The van der Waals surface area contributed by atoms with E-state index in [2.05, 4.69) is 11.0 Å². The van der Waals surface area contributed by atoms with Gasteiger partial charge in [0.1, 0.15) is 5.70 Å². The van der Waals surface area contributed by atoms with Crippen molar-refractivity contribution in [3.05, 3.63) is 69.9 Å². The summed E-state index contributed by atoms with van der Waals surface area (Å²) in [6, 6.07) is 12.0. The Morgan fingerprint density at radius 1 is 0.750 bits per heavy atom. The molecule has 0 atom stereocenters. The number of anilines is 1. The van der Waals surface area contributed by atoms with Gasteiger partial charge in [0.25, 0.3) is 11.8 Å². The van der Waals surface area contributed by atoms with Gasteiger partial charge in [-0.2, -0.15) is 0 Å². The van der Waals surface area contributed by atoms with Gasteiger partial charge in [0.2, 0.25) is 0 Å². The summed E-state index contributed by atoms with van der Waals surface area (Å²) in [6.07, 6.45) is 2.10. The molecule has 4 nitrogen and oxygen atoms in total. The average molecular weight is 374 g/mol. The SMILES string of the molecule is Cc1ccc(C2=C(N3CCCC3)C(=O)N(c3cc(C)ccc3C)C2=O)c(C)c1. The van der Waals surface area contributed by atoms with Crippen LogP contribution < -0.4 is 4.90 Å². The third-order valence-corrected chi connectivity index (χ3v) is 5.74. The molecule has 4 heteroatoms. The first kappa shape index (κ1) is 18.5. The molecule has 2 aliphatic heterocycles. The van der Waals surface area contributed by atoms with E-state index in [1.165, 1.54) is 4.90 Å². The van der Waals surface area contributed by atoms with Crippen LogP contribution in [0.1, 0.15) is 40.7 Å². The molecule has 28 heavy (non-hydrogen) atoms. The van der Waals surface area contributed by atoms with Crippen LogP contribution in [0.25, 0.3) is 5.57 Å². The van der Waals surface area contributed by atoms with Crippen molar-refractivity contribution in [2.45, 2.75) is 40.5 Å². The van der Waals surface area contributed by atoms with E-state index < -0.39 is 0 Å². The number of likely N-dealkylation sites (tertiary alicyclic amines) is 1. The van der Waals surface area contributed by atoms with Crippen LogP contribution >= 0.6 is 0 Å². The quantitative estimate of drug-likeness (QED) is 0.752. The normalized spacial score (nSPS) is 17.3. The van der Waals surface area contributed by atoms with Crippen molar-refractivity contribution in [1.82, 2.24) is 4.90 Å². The number of hydrogen-bond donors (Lipinski definition) is 0. The van der Waals surface area contributed by atoms with Crippen LogP contribution in [0.15, 0.2) is 42.1 Å². The van der Waals surface area contributed by atoms with Crippen molar-refractivity contribution < 1.29 is 9.59 Å². The van der Waals surface area contributed by atoms with Gasteiger partial charge < -0.3 is 4.90 Å². The van der Waals surface area contributed by atoms with Gasteiger partial charge >= 0.3 is 0 Å². The highest BCUT2D eigenvalue weighted by molar-refractivity contribution is 6.45. The van der Waals surface area contributed by atoms with Gasteiger partial charge in [-0.05, 0) is 68.9 Å². The summed E-state index contributed by atoms with van der Waals surface area (Å²) >= 11 is 0. The fourth-order valence-electron chi connectivity index (χ4n) is 4.27. The number of amides is 2. The second-order valence-corrected chi connectivity index (χ2v) is 7.97. The number of rotatable bonds is 3. The van der Waals surface area contributed by atoms with Crippen LogP contribution in [-0.2, 0) is 9.59 Å². The van der Waals surface area contributed by atoms with Crippen molar-refractivity contribution in [3.63, 3.8) is 0 Å². The lowest BCUT2D eigenvalue weighted by Crippen LogP contribution is -2.35. The highest BCUT2D eigenvalue weighted by atomic mass is 16.2. The van der Waals surface area contributed by atoms with Crippen molar-refractivity contribution in [2.75, 3.05) is 18.0 Å². The number of carbonyl (C=O) groups excluding carboxylic acids is 2. The lowest BCUT2D eigenvalue weighted by molar-refractivity contribution is -0.120. The lowest BCUT2D eigenvalue weighted by Gasteiger charge is -2.21. The minimum absolute atomic E-state index is 0.199. The van der Waals surface area contributed by atoms with Gasteiger partial charge in [-0.15, -0.1) is 0 Å². The smallest absolute Gasteiger partial charge is 0.282 e. The molecule has 0 radical (unpaired) electrons. The van der Waals surface area contributed by atoms with Crippen LogP contribution in [0.4, 0.5) is 5.69 Å². The topological polar surface area (TPSA) is 40.6 Å². The molecule has 1 fully saturated rings. The van der Waals surface area contributed by atoms with E-state index in [0.717, 1.165) is 53.7 Å². The number of carbonyl (C=O) groups is 2. The van der Waals surface area contributed by atoms with Crippen LogP contribution in [0.5, 0.6) is 0 Å². The second-order valence-electron chi connectivity index (χ2n) is 7.97. The van der Waals surface area contributed by atoms with E-state index in [1.807, 2.05) is 58.0 Å². The second kappa shape index (κ2) is 6.93. The van der Waals surface area contributed by atoms with Gasteiger partial charge in [-0.3, -0.25) is 9.59 Å². The molecule has 144 valence electrons. The summed E-state index contributed by atoms with van der Waals surface area (Å²) in [5, 5.41) is 0. The number of imide groups is 1. The van der Waals surface area contributed by atoms with Gasteiger partial charge in [-0.1, -0.05) is 35.9 Å². The first-order chi connectivity index (χ1) is 13.4.